The van der Waals surface area contributed by atoms with Crippen molar-refractivity contribution in [3.05, 3.63) is 54.6 Å². The SMILES string of the molecule is COc1cccc(N(CC(=O)N2CC[NH+](C)CC2)S(=O)(=O)c2ccccc2)c1. The molecule has 2 aromatic carbocycles. The third kappa shape index (κ3) is 4.45. The van der Waals surface area contributed by atoms with Gasteiger partial charge in [-0.2, -0.15) is 0 Å². The number of quaternary nitrogens is 1. The van der Waals surface area contributed by atoms with Crippen molar-refractivity contribution in [3.8, 4) is 5.75 Å². The number of piperazine rings is 1. The fraction of sp³-hybridized carbons (Fsp3) is 0.350. The van der Waals surface area contributed by atoms with Crippen LogP contribution in [0.15, 0.2) is 59.5 Å². The van der Waals surface area contributed by atoms with Crippen LogP contribution in [0, 0.1) is 0 Å². The number of likely N-dealkylation sites (N-methyl/N-ethyl adjacent to an activating group) is 1. The predicted octanol–water partition coefficient (Wildman–Crippen LogP) is 0.247. The van der Waals surface area contributed by atoms with E-state index in [1.54, 1.807) is 47.4 Å². The maximum Gasteiger partial charge on any atom is 0.264 e. The van der Waals surface area contributed by atoms with E-state index in [2.05, 4.69) is 7.05 Å². The van der Waals surface area contributed by atoms with Gasteiger partial charge in [0.2, 0.25) is 5.91 Å². The van der Waals surface area contributed by atoms with Crippen molar-refractivity contribution in [1.82, 2.24) is 4.90 Å². The number of carbonyl (C=O) groups excluding carboxylic acids is 1. The Morgan fingerprint density at radius 1 is 1.11 bits per heavy atom. The van der Waals surface area contributed by atoms with Crippen LogP contribution in [0.3, 0.4) is 0 Å². The second-order valence-electron chi connectivity index (χ2n) is 6.86. The summed E-state index contributed by atoms with van der Waals surface area (Å²) in [6.45, 7) is 2.72. The van der Waals surface area contributed by atoms with Gasteiger partial charge in [-0.25, -0.2) is 8.42 Å². The van der Waals surface area contributed by atoms with Crippen LogP contribution in [0.25, 0.3) is 0 Å². The van der Waals surface area contributed by atoms with Gasteiger partial charge < -0.3 is 14.5 Å². The normalized spacial score (nSPS) is 15.3. The van der Waals surface area contributed by atoms with Gasteiger partial charge >= 0.3 is 0 Å². The summed E-state index contributed by atoms with van der Waals surface area (Å²) in [4.78, 5) is 16.2. The summed E-state index contributed by atoms with van der Waals surface area (Å²) >= 11 is 0. The minimum atomic E-state index is -3.90. The minimum Gasteiger partial charge on any atom is -0.497 e. The van der Waals surface area contributed by atoms with Gasteiger partial charge in [-0.05, 0) is 24.3 Å². The molecule has 1 aliphatic rings. The number of hydrogen-bond donors (Lipinski definition) is 1. The molecule has 1 aliphatic heterocycles. The lowest BCUT2D eigenvalue weighted by atomic mass is 10.3. The number of sulfonamides is 1. The maximum atomic E-state index is 13.3. The van der Waals surface area contributed by atoms with Gasteiger partial charge in [0.1, 0.15) is 12.3 Å². The van der Waals surface area contributed by atoms with Gasteiger partial charge in [-0.15, -0.1) is 0 Å². The molecule has 2 aromatic rings. The zero-order valence-electron chi connectivity index (χ0n) is 16.2. The summed E-state index contributed by atoms with van der Waals surface area (Å²) in [5.41, 5.74) is 0.399. The highest BCUT2D eigenvalue weighted by atomic mass is 32.2. The number of rotatable bonds is 6. The predicted molar refractivity (Wildman–Crippen MR) is 107 cm³/mol. The summed E-state index contributed by atoms with van der Waals surface area (Å²) < 4.78 is 33.0. The Balaban J connectivity index is 1.94. The lowest BCUT2D eigenvalue weighted by Gasteiger charge is -2.32. The number of carbonyl (C=O) groups is 1. The second kappa shape index (κ2) is 8.62. The molecule has 1 fully saturated rings. The summed E-state index contributed by atoms with van der Waals surface area (Å²) in [5.74, 6) is 0.330. The number of nitrogens with zero attached hydrogens (tertiary/aromatic N) is 2. The van der Waals surface area contributed by atoms with Crippen molar-refractivity contribution < 1.29 is 22.8 Å². The summed E-state index contributed by atoms with van der Waals surface area (Å²) in [5, 5.41) is 0. The first kappa shape index (κ1) is 20.2. The lowest BCUT2D eigenvalue weighted by Crippen LogP contribution is -3.12. The second-order valence-corrected chi connectivity index (χ2v) is 8.73. The highest BCUT2D eigenvalue weighted by Gasteiger charge is 2.30. The molecule has 1 saturated heterocycles. The fourth-order valence-electron chi connectivity index (χ4n) is 3.16. The van der Waals surface area contributed by atoms with Crippen LogP contribution in [0.5, 0.6) is 5.75 Å². The molecular weight excluding hydrogens is 378 g/mol. The van der Waals surface area contributed by atoms with Crippen LogP contribution >= 0.6 is 0 Å². The van der Waals surface area contributed by atoms with Crippen LogP contribution in [-0.2, 0) is 14.8 Å². The van der Waals surface area contributed by atoms with Crippen molar-refractivity contribution in [2.45, 2.75) is 4.90 Å². The summed E-state index contributed by atoms with van der Waals surface area (Å²) in [6, 6.07) is 14.9. The zero-order valence-corrected chi connectivity index (χ0v) is 17.0. The van der Waals surface area contributed by atoms with Crippen molar-refractivity contribution in [2.75, 3.05) is 51.2 Å². The molecule has 0 radical (unpaired) electrons. The molecule has 1 amide bonds. The molecule has 28 heavy (non-hydrogen) atoms. The Morgan fingerprint density at radius 3 is 2.43 bits per heavy atom. The molecule has 8 heteroatoms. The Hall–Kier alpha value is -2.58. The first-order valence-corrected chi connectivity index (χ1v) is 10.7. The molecule has 150 valence electrons. The average Bonchev–Trinajstić information content (AvgIpc) is 2.73. The first-order chi connectivity index (χ1) is 13.4. The van der Waals surface area contributed by atoms with E-state index in [1.165, 1.54) is 28.4 Å². The molecule has 0 spiro atoms. The highest BCUT2D eigenvalue weighted by Crippen LogP contribution is 2.27. The lowest BCUT2D eigenvalue weighted by molar-refractivity contribution is -0.883. The number of methoxy groups -OCH3 is 1. The van der Waals surface area contributed by atoms with Crippen molar-refractivity contribution in [3.63, 3.8) is 0 Å². The summed E-state index contributed by atoms with van der Waals surface area (Å²) in [6.07, 6.45) is 0. The number of anilines is 1. The van der Waals surface area contributed by atoms with Gasteiger partial charge in [-0.1, -0.05) is 24.3 Å². The molecule has 0 atom stereocenters. The monoisotopic (exact) mass is 404 g/mol. The van der Waals surface area contributed by atoms with Gasteiger partial charge in [0.05, 0.1) is 50.9 Å². The standard InChI is InChI=1S/C20H25N3O4S/c1-21-11-13-22(14-12-21)20(24)16-23(17-7-6-8-18(15-17)27-2)28(25,26)19-9-4-3-5-10-19/h3-10,15H,11-14,16H2,1-2H3/p+1. The van der Waals surface area contributed by atoms with Gasteiger partial charge in [0.15, 0.2) is 0 Å². The van der Waals surface area contributed by atoms with E-state index in [0.717, 1.165) is 13.1 Å². The molecule has 0 saturated carbocycles. The average molecular weight is 405 g/mol. The maximum absolute atomic E-state index is 13.3. The molecule has 3 rings (SSSR count). The van der Waals surface area contributed by atoms with Crippen LogP contribution < -0.4 is 13.9 Å². The van der Waals surface area contributed by atoms with Gasteiger partial charge in [-0.3, -0.25) is 9.10 Å². The third-order valence-corrected chi connectivity index (χ3v) is 6.71. The van der Waals surface area contributed by atoms with Crippen molar-refractivity contribution in [2.24, 2.45) is 0 Å². The van der Waals surface area contributed by atoms with E-state index in [1.807, 2.05) is 0 Å². The number of nitrogens with one attached hydrogen (secondary N) is 1. The van der Waals surface area contributed by atoms with Crippen molar-refractivity contribution >= 4 is 21.6 Å². The molecule has 7 nitrogen and oxygen atoms in total. The number of hydrogen-bond acceptors (Lipinski definition) is 4. The molecule has 0 aliphatic carbocycles. The van der Waals surface area contributed by atoms with Crippen molar-refractivity contribution in [1.29, 1.82) is 0 Å². The first-order valence-electron chi connectivity index (χ1n) is 9.23. The smallest absolute Gasteiger partial charge is 0.264 e. The van der Waals surface area contributed by atoms with E-state index < -0.39 is 10.0 Å². The Kier molecular flexibility index (Phi) is 6.21. The van der Waals surface area contributed by atoms with Crippen LogP contribution in [0.4, 0.5) is 5.69 Å². The van der Waals surface area contributed by atoms with E-state index >= 15 is 0 Å². The number of ether oxygens (including phenoxy) is 1. The number of amides is 1. The Morgan fingerprint density at radius 2 is 1.79 bits per heavy atom. The highest BCUT2D eigenvalue weighted by molar-refractivity contribution is 7.92. The quantitative estimate of drug-likeness (QED) is 0.749. The fourth-order valence-corrected chi connectivity index (χ4v) is 4.59. The van der Waals surface area contributed by atoms with E-state index in [4.69, 9.17) is 4.74 Å². The van der Waals surface area contributed by atoms with Crippen LogP contribution in [0.1, 0.15) is 0 Å². The third-order valence-electron chi connectivity index (χ3n) is 4.92. The minimum absolute atomic E-state index is 0.147. The topological polar surface area (TPSA) is 71.4 Å². The van der Waals surface area contributed by atoms with E-state index in [0.29, 0.717) is 24.5 Å². The number of benzene rings is 2. The van der Waals surface area contributed by atoms with Gasteiger partial charge in [0, 0.05) is 6.07 Å². The Labute approximate surface area is 166 Å². The van der Waals surface area contributed by atoms with Gasteiger partial charge in [0.25, 0.3) is 10.0 Å². The molecule has 1 N–H and O–H groups in total. The molecule has 0 unspecified atom stereocenters. The molecular formula is C20H26N3O4S+. The zero-order chi connectivity index (χ0) is 20.1. The Bertz CT molecular complexity index is 910. The molecule has 0 bridgehead atoms. The van der Waals surface area contributed by atoms with Crippen LogP contribution in [0.2, 0.25) is 0 Å². The van der Waals surface area contributed by atoms with E-state index in [-0.39, 0.29) is 17.3 Å². The van der Waals surface area contributed by atoms with Crippen LogP contribution in [-0.4, -0.2) is 66.1 Å². The van der Waals surface area contributed by atoms with E-state index in [9.17, 15) is 13.2 Å². The molecule has 0 aromatic heterocycles. The molecule has 1 heterocycles. The summed E-state index contributed by atoms with van der Waals surface area (Å²) in [7, 11) is -0.290. The largest absolute Gasteiger partial charge is 0.497 e.